The van der Waals surface area contributed by atoms with E-state index >= 15 is 0 Å². The molecule has 2 heteroatoms. The van der Waals surface area contributed by atoms with E-state index in [1.54, 1.807) is 0 Å². The first kappa shape index (κ1) is 14.9. The van der Waals surface area contributed by atoms with Crippen molar-refractivity contribution >= 4 is 0 Å². The second-order valence-corrected chi connectivity index (χ2v) is 4.53. The van der Waals surface area contributed by atoms with Gasteiger partial charge in [0.05, 0.1) is 11.7 Å². The monoisotopic (exact) mass is 216 g/mol. The van der Waals surface area contributed by atoms with Crippen LogP contribution < -0.4 is 0 Å². The molecule has 15 heavy (non-hydrogen) atoms. The van der Waals surface area contributed by atoms with Crippen LogP contribution in [0.4, 0.5) is 0 Å². The molecule has 92 valence electrons. The standard InChI is InChI=1S/C13H28O2/c1-4-7-8-9-10-11-12(14)13(15,5-2)6-3/h12,14-15H,4-11H2,1-3H3. The van der Waals surface area contributed by atoms with Crippen LogP contribution in [0.25, 0.3) is 0 Å². The Morgan fingerprint density at radius 1 is 0.933 bits per heavy atom. The molecule has 1 unspecified atom stereocenters. The maximum Gasteiger partial charge on any atom is 0.0900 e. The van der Waals surface area contributed by atoms with Crippen molar-refractivity contribution in [3.63, 3.8) is 0 Å². The van der Waals surface area contributed by atoms with Gasteiger partial charge in [-0.15, -0.1) is 0 Å². The third-order valence-electron chi connectivity index (χ3n) is 3.43. The summed E-state index contributed by atoms with van der Waals surface area (Å²) in [6.07, 6.45) is 7.45. The molecule has 0 fully saturated rings. The van der Waals surface area contributed by atoms with Crippen LogP contribution in [-0.4, -0.2) is 21.9 Å². The van der Waals surface area contributed by atoms with Gasteiger partial charge in [0.25, 0.3) is 0 Å². The Balaban J connectivity index is 3.67. The summed E-state index contributed by atoms with van der Waals surface area (Å²) in [7, 11) is 0. The van der Waals surface area contributed by atoms with E-state index in [0.717, 1.165) is 12.8 Å². The fourth-order valence-electron chi connectivity index (χ4n) is 1.93. The Hall–Kier alpha value is -0.0800. The Morgan fingerprint density at radius 2 is 1.47 bits per heavy atom. The first-order valence-electron chi connectivity index (χ1n) is 6.51. The van der Waals surface area contributed by atoms with E-state index in [1.165, 1.54) is 25.7 Å². The molecule has 2 nitrogen and oxygen atoms in total. The van der Waals surface area contributed by atoms with Gasteiger partial charge in [-0.25, -0.2) is 0 Å². The van der Waals surface area contributed by atoms with Crippen LogP contribution in [0.2, 0.25) is 0 Å². The lowest BCUT2D eigenvalue weighted by atomic mass is 9.87. The minimum Gasteiger partial charge on any atom is -0.390 e. The number of unbranched alkanes of at least 4 members (excludes halogenated alkanes) is 4. The molecule has 1 atom stereocenters. The molecule has 0 saturated heterocycles. The number of hydrogen-bond donors (Lipinski definition) is 2. The Bertz CT molecular complexity index is 141. The molecule has 0 aliphatic heterocycles. The molecule has 0 saturated carbocycles. The van der Waals surface area contributed by atoms with Gasteiger partial charge in [0.1, 0.15) is 0 Å². The van der Waals surface area contributed by atoms with Gasteiger partial charge >= 0.3 is 0 Å². The molecule has 2 N–H and O–H groups in total. The number of aliphatic hydroxyl groups excluding tert-OH is 1. The van der Waals surface area contributed by atoms with Crippen LogP contribution >= 0.6 is 0 Å². The van der Waals surface area contributed by atoms with Gasteiger partial charge in [0, 0.05) is 0 Å². The molecule has 0 aliphatic carbocycles. The van der Waals surface area contributed by atoms with Crippen molar-refractivity contribution in [1.29, 1.82) is 0 Å². The van der Waals surface area contributed by atoms with E-state index in [1.807, 2.05) is 13.8 Å². The molecule has 0 aromatic carbocycles. The maximum absolute atomic E-state index is 10.0. The van der Waals surface area contributed by atoms with E-state index in [2.05, 4.69) is 6.92 Å². The van der Waals surface area contributed by atoms with E-state index in [4.69, 9.17) is 0 Å². The fourth-order valence-corrected chi connectivity index (χ4v) is 1.93. The van der Waals surface area contributed by atoms with E-state index in [0.29, 0.717) is 12.8 Å². The van der Waals surface area contributed by atoms with Gasteiger partial charge in [-0.2, -0.15) is 0 Å². The highest BCUT2D eigenvalue weighted by Gasteiger charge is 2.30. The van der Waals surface area contributed by atoms with Gasteiger partial charge in [-0.1, -0.05) is 52.9 Å². The highest BCUT2D eigenvalue weighted by Crippen LogP contribution is 2.23. The first-order valence-corrected chi connectivity index (χ1v) is 6.51. The summed E-state index contributed by atoms with van der Waals surface area (Å²) in [5.41, 5.74) is -0.856. The van der Waals surface area contributed by atoms with Crippen molar-refractivity contribution in [2.24, 2.45) is 0 Å². The van der Waals surface area contributed by atoms with E-state index in [9.17, 15) is 10.2 Å². The third-order valence-corrected chi connectivity index (χ3v) is 3.43. The van der Waals surface area contributed by atoms with Crippen LogP contribution in [0.1, 0.15) is 72.1 Å². The number of aliphatic hydroxyl groups is 2. The summed E-state index contributed by atoms with van der Waals surface area (Å²) in [6, 6.07) is 0. The van der Waals surface area contributed by atoms with Crippen LogP contribution in [0.15, 0.2) is 0 Å². The summed E-state index contributed by atoms with van der Waals surface area (Å²) in [6.45, 7) is 6.06. The molecule has 0 bridgehead atoms. The molecule has 0 aromatic heterocycles. The van der Waals surface area contributed by atoms with Crippen molar-refractivity contribution in [3.8, 4) is 0 Å². The number of rotatable bonds is 9. The highest BCUT2D eigenvalue weighted by atomic mass is 16.3. The summed E-state index contributed by atoms with van der Waals surface area (Å²) in [5.74, 6) is 0. The lowest BCUT2D eigenvalue weighted by molar-refractivity contribution is -0.0835. The largest absolute Gasteiger partial charge is 0.390 e. The van der Waals surface area contributed by atoms with E-state index < -0.39 is 11.7 Å². The van der Waals surface area contributed by atoms with Crippen LogP contribution in [0, 0.1) is 0 Å². The van der Waals surface area contributed by atoms with Crippen molar-refractivity contribution < 1.29 is 10.2 Å². The molecule has 0 spiro atoms. The summed E-state index contributed by atoms with van der Waals surface area (Å²) in [4.78, 5) is 0. The van der Waals surface area contributed by atoms with Crippen LogP contribution in [-0.2, 0) is 0 Å². The topological polar surface area (TPSA) is 40.5 Å². The SMILES string of the molecule is CCCCCCCC(O)C(O)(CC)CC. The average Bonchev–Trinajstić information content (AvgIpc) is 2.27. The molecule has 0 heterocycles. The highest BCUT2D eigenvalue weighted by molar-refractivity contribution is 4.83. The lowest BCUT2D eigenvalue weighted by Gasteiger charge is -2.31. The first-order chi connectivity index (χ1) is 7.10. The molecule has 0 rings (SSSR count). The van der Waals surface area contributed by atoms with Crippen LogP contribution in [0.5, 0.6) is 0 Å². The predicted molar refractivity (Wildman–Crippen MR) is 64.9 cm³/mol. The molecular weight excluding hydrogens is 188 g/mol. The zero-order chi connectivity index (χ0) is 11.7. The predicted octanol–water partition coefficient (Wildman–Crippen LogP) is 3.26. The Kier molecular flexibility index (Phi) is 8.07. The Morgan fingerprint density at radius 3 is 1.93 bits per heavy atom. The van der Waals surface area contributed by atoms with Gasteiger partial charge in [0.2, 0.25) is 0 Å². The quantitative estimate of drug-likeness (QED) is 0.581. The lowest BCUT2D eigenvalue weighted by Crippen LogP contribution is -2.41. The number of hydrogen-bond acceptors (Lipinski definition) is 2. The van der Waals surface area contributed by atoms with Crippen molar-refractivity contribution in [2.45, 2.75) is 83.8 Å². The zero-order valence-electron chi connectivity index (χ0n) is 10.6. The second-order valence-electron chi connectivity index (χ2n) is 4.53. The average molecular weight is 216 g/mol. The molecular formula is C13H28O2. The molecule has 0 aliphatic rings. The third kappa shape index (κ3) is 5.53. The van der Waals surface area contributed by atoms with Crippen molar-refractivity contribution in [1.82, 2.24) is 0 Å². The van der Waals surface area contributed by atoms with Gasteiger partial charge < -0.3 is 10.2 Å². The fraction of sp³-hybridized carbons (Fsp3) is 1.00. The minimum atomic E-state index is -0.856. The summed E-state index contributed by atoms with van der Waals surface area (Å²) < 4.78 is 0. The van der Waals surface area contributed by atoms with Crippen molar-refractivity contribution in [3.05, 3.63) is 0 Å². The molecule has 0 amide bonds. The molecule has 0 radical (unpaired) electrons. The zero-order valence-corrected chi connectivity index (χ0v) is 10.6. The summed E-state index contributed by atoms with van der Waals surface area (Å²) >= 11 is 0. The van der Waals surface area contributed by atoms with Gasteiger partial charge in [0.15, 0.2) is 0 Å². The van der Waals surface area contributed by atoms with Crippen LogP contribution in [0.3, 0.4) is 0 Å². The van der Waals surface area contributed by atoms with E-state index in [-0.39, 0.29) is 0 Å². The molecule has 0 aromatic rings. The maximum atomic E-state index is 10.0. The van der Waals surface area contributed by atoms with Gasteiger partial charge in [-0.3, -0.25) is 0 Å². The smallest absolute Gasteiger partial charge is 0.0900 e. The Labute approximate surface area is 94.7 Å². The minimum absolute atomic E-state index is 0.547. The van der Waals surface area contributed by atoms with Crippen molar-refractivity contribution in [2.75, 3.05) is 0 Å². The van der Waals surface area contributed by atoms with Gasteiger partial charge in [-0.05, 0) is 19.3 Å². The normalized spacial score (nSPS) is 14.2. The second kappa shape index (κ2) is 8.12. The summed E-state index contributed by atoms with van der Waals surface area (Å²) in [5, 5.41) is 19.9.